The number of anilines is 2. The summed E-state index contributed by atoms with van der Waals surface area (Å²) in [5.74, 6) is -0.509. The van der Waals surface area contributed by atoms with Crippen LogP contribution in [0.5, 0.6) is 0 Å². The molecule has 0 spiro atoms. The second kappa shape index (κ2) is 8.39. The highest BCUT2D eigenvalue weighted by Gasteiger charge is 2.13. The molecule has 31 heavy (non-hydrogen) atoms. The molecule has 0 bridgehead atoms. The third-order valence-corrected chi connectivity index (χ3v) is 4.96. The molecule has 0 unspecified atom stereocenters. The lowest BCUT2D eigenvalue weighted by atomic mass is 10.1. The molecule has 7 heteroatoms. The third kappa shape index (κ3) is 4.30. The Morgan fingerprint density at radius 3 is 2.39 bits per heavy atom. The van der Waals surface area contributed by atoms with Crippen molar-refractivity contribution in [2.45, 2.75) is 26.8 Å². The van der Waals surface area contributed by atoms with Crippen molar-refractivity contribution in [3.8, 4) is 0 Å². The summed E-state index contributed by atoms with van der Waals surface area (Å²) < 4.78 is 1.84. The normalized spacial score (nSPS) is 11.0. The summed E-state index contributed by atoms with van der Waals surface area (Å²) in [4.78, 5) is 29.7. The van der Waals surface area contributed by atoms with Gasteiger partial charge in [0.1, 0.15) is 0 Å². The molecule has 2 heterocycles. The molecule has 0 saturated heterocycles. The van der Waals surface area contributed by atoms with Crippen LogP contribution >= 0.6 is 0 Å². The predicted molar refractivity (Wildman–Crippen MR) is 121 cm³/mol. The van der Waals surface area contributed by atoms with Gasteiger partial charge in [-0.05, 0) is 56.7 Å². The number of carbonyl (C=O) groups excluding carboxylic acids is 2. The van der Waals surface area contributed by atoms with Gasteiger partial charge < -0.3 is 10.6 Å². The summed E-state index contributed by atoms with van der Waals surface area (Å²) in [6.07, 6.45) is 3.36. The molecule has 2 aromatic heterocycles. The molecule has 0 aliphatic rings. The molecule has 0 radical (unpaired) electrons. The predicted octanol–water partition coefficient (Wildman–Crippen LogP) is 4.83. The lowest BCUT2D eigenvalue weighted by Crippen LogP contribution is -2.15. The number of aryl methyl sites for hydroxylation is 1. The van der Waals surface area contributed by atoms with Crippen molar-refractivity contribution >= 4 is 34.2 Å². The van der Waals surface area contributed by atoms with Crippen LogP contribution in [0.2, 0.25) is 0 Å². The summed E-state index contributed by atoms with van der Waals surface area (Å²) in [6, 6.07) is 16.2. The fraction of sp³-hybridized carbons (Fsp3) is 0.167. The minimum atomic E-state index is -0.285. The van der Waals surface area contributed by atoms with Gasteiger partial charge in [0.2, 0.25) is 0 Å². The van der Waals surface area contributed by atoms with Crippen LogP contribution in [0, 0.1) is 6.92 Å². The number of benzene rings is 2. The SMILES string of the molecule is Cc1ccc(C(=O)Nc2cnc3c(cnn3C(C)C)c2)cc1NC(=O)c1ccccc1. The van der Waals surface area contributed by atoms with E-state index in [0.717, 1.165) is 16.6 Å². The lowest BCUT2D eigenvalue weighted by molar-refractivity contribution is 0.101. The van der Waals surface area contributed by atoms with Crippen molar-refractivity contribution in [1.29, 1.82) is 0 Å². The Balaban J connectivity index is 1.53. The van der Waals surface area contributed by atoms with E-state index in [1.165, 1.54) is 0 Å². The summed E-state index contributed by atoms with van der Waals surface area (Å²) in [5.41, 5.74) is 3.80. The Bertz CT molecular complexity index is 1260. The van der Waals surface area contributed by atoms with Gasteiger partial charge >= 0.3 is 0 Å². The Morgan fingerprint density at radius 1 is 0.903 bits per heavy atom. The van der Waals surface area contributed by atoms with Crippen LogP contribution in [0.15, 0.2) is 67.0 Å². The molecule has 0 aliphatic heterocycles. The highest BCUT2D eigenvalue weighted by molar-refractivity contribution is 6.08. The molecular formula is C24H23N5O2. The Hall–Kier alpha value is -4.00. The van der Waals surface area contributed by atoms with Gasteiger partial charge in [-0.25, -0.2) is 9.67 Å². The van der Waals surface area contributed by atoms with Crippen molar-refractivity contribution in [2.24, 2.45) is 0 Å². The van der Waals surface area contributed by atoms with E-state index in [-0.39, 0.29) is 17.9 Å². The Labute approximate surface area is 180 Å². The number of nitrogens with zero attached hydrogens (tertiary/aromatic N) is 3. The molecule has 2 N–H and O–H groups in total. The molecule has 7 nitrogen and oxygen atoms in total. The maximum Gasteiger partial charge on any atom is 0.255 e. The fourth-order valence-electron chi connectivity index (χ4n) is 3.27. The van der Waals surface area contributed by atoms with Crippen LogP contribution in [-0.4, -0.2) is 26.6 Å². The summed E-state index contributed by atoms with van der Waals surface area (Å²) in [5, 5.41) is 11.0. The van der Waals surface area contributed by atoms with Gasteiger partial charge in [0, 0.05) is 28.2 Å². The van der Waals surface area contributed by atoms with Crippen LogP contribution in [-0.2, 0) is 0 Å². The molecule has 2 aromatic carbocycles. The quantitative estimate of drug-likeness (QED) is 0.491. The number of rotatable bonds is 5. The zero-order valence-corrected chi connectivity index (χ0v) is 17.6. The fourth-order valence-corrected chi connectivity index (χ4v) is 3.27. The standard InChI is InChI=1S/C24H23N5O2/c1-15(2)29-22-19(13-26-29)11-20(14-25-22)27-24(31)18-10-9-16(3)21(12-18)28-23(30)17-7-5-4-6-8-17/h4-15H,1-3H3,(H,27,31)(H,28,30). The smallest absolute Gasteiger partial charge is 0.255 e. The summed E-state index contributed by atoms with van der Waals surface area (Å²) in [6.45, 7) is 5.96. The van der Waals surface area contributed by atoms with E-state index in [1.54, 1.807) is 48.8 Å². The topological polar surface area (TPSA) is 88.9 Å². The number of aromatic nitrogens is 3. The van der Waals surface area contributed by atoms with Crippen LogP contribution in [0.3, 0.4) is 0 Å². The number of carbonyl (C=O) groups is 2. The molecule has 0 aliphatic carbocycles. The molecule has 0 saturated carbocycles. The second-order valence-corrected chi connectivity index (χ2v) is 7.62. The number of amides is 2. The van der Waals surface area contributed by atoms with Gasteiger partial charge in [0.25, 0.3) is 11.8 Å². The Kier molecular flexibility index (Phi) is 5.49. The molecular weight excluding hydrogens is 390 g/mol. The number of hydrogen-bond acceptors (Lipinski definition) is 4. The van der Waals surface area contributed by atoms with Crippen LogP contribution in [0.1, 0.15) is 46.2 Å². The van der Waals surface area contributed by atoms with Gasteiger partial charge in [0.05, 0.1) is 18.1 Å². The minimum absolute atomic E-state index is 0.197. The van der Waals surface area contributed by atoms with Crippen LogP contribution in [0.25, 0.3) is 11.0 Å². The number of fused-ring (bicyclic) bond motifs is 1. The second-order valence-electron chi connectivity index (χ2n) is 7.62. The van der Waals surface area contributed by atoms with Crippen molar-refractivity contribution in [2.75, 3.05) is 10.6 Å². The van der Waals surface area contributed by atoms with E-state index < -0.39 is 0 Å². The maximum atomic E-state index is 12.8. The molecule has 2 amide bonds. The average Bonchev–Trinajstić information content (AvgIpc) is 3.19. The first-order valence-corrected chi connectivity index (χ1v) is 10.0. The molecule has 4 aromatic rings. The zero-order valence-electron chi connectivity index (χ0n) is 17.6. The first-order chi connectivity index (χ1) is 14.9. The molecule has 156 valence electrons. The van der Waals surface area contributed by atoms with Crippen LogP contribution in [0.4, 0.5) is 11.4 Å². The van der Waals surface area contributed by atoms with Gasteiger partial charge in [-0.1, -0.05) is 24.3 Å². The molecule has 0 atom stereocenters. The van der Waals surface area contributed by atoms with E-state index >= 15 is 0 Å². The van der Waals surface area contributed by atoms with Crippen LogP contribution < -0.4 is 10.6 Å². The third-order valence-electron chi connectivity index (χ3n) is 4.96. The van der Waals surface area contributed by atoms with Gasteiger partial charge in [-0.2, -0.15) is 5.10 Å². The van der Waals surface area contributed by atoms with E-state index in [9.17, 15) is 9.59 Å². The van der Waals surface area contributed by atoms with Gasteiger partial charge in [-0.3, -0.25) is 9.59 Å². The van der Waals surface area contributed by atoms with E-state index in [2.05, 4.69) is 20.7 Å². The monoisotopic (exact) mass is 413 g/mol. The minimum Gasteiger partial charge on any atom is -0.322 e. The van der Waals surface area contributed by atoms with Crippen molar-refractivity contribution in [3.05, 3.63) is 83.7 Å². The van der Waals surface area contributed by atoms with Crippen molar-refractivity contribution < 1.29 is 9.59 Å². The van der Waals surface area contributed by atoms with Gasteiger partial charge in [0.15, 0.2) is 5.65 Å². The molecule has 4 rings (SSSR count). The first kappa shape index (κ1) is 20.3. The maximum absolute atomic E-state index is 12.8. The highest BCUT2D eigenvalue weighted by atomic mass is 16.2. The molecule has 0 fully saturated rings. The van der Waals surface area contributed by atoms with E-state index in [4.69, 9.17) is 0 Å². The zero-order chi connectivity index (χ0) is 22.0. The number of nitrogens with one attached hydrogen (secondary N) is 2. The number of pyridine rings is 1. The Morgan fingerprint density at radius 2 is 1.65 bits per heavy atom. The van der Waals surface area contributed by atoms with Crippen molar-refractivity contribution in [1.82, 2.24) is 14.8 Å². The highest BCUT2D eigenvalue weighted by Crippen LogP contribution is 2.22. The first-order valence-electron chi connectivity index (χ1n) is 10.0. The van der Waals surface area contributed by atoms with Crippen molar-refractivity contribution in [3.63, 3.8) is 0 Å². The number of hydrogen-bond donors (Lipinski definition) is 2. The average molecular weight is 413 g/mol. The summed E-state index contributed by atoms with van der Waals surface area (Å²) >= 11 is 0. The summed E-state index contributed by atoms with van der Waals surface area (Å²) in [7, 11) is 0. The lowest BCUT2D eigenvalue weighted by Gasteiger charge is -2.11. The van der Waals surface area contributed by atoms with E-state index in [1.807, 2.05) is 43.7 Å². The van der Waals surface area contributed by atoms with E-state index in [0.29, 0.717) is 22.5 Å². The van der Waals surface area contributed by atoms with Gasteiger partial charge in [-0.15, -0.1) is 0 Å². The largest absolute Gasteiger partial charge is 0.322 e.